The Morgan fingerprint density at radius 2 is 2.27 bits per heavy atom. The third kappa shape index (κ3) is 4.19. The van der Waals surface area contributed by atoms with Crippen molar-refractivity contribution in [1.82, 2.24) is 10.2 Å². The molecule has 3 heteroatoms. The van der Waals surface area contributed by atoms with E-state index in [2.05, 4.69) is 30.3 Å². The van der Waals surface area contributed by atoms with Crippen molar-refractivity contribution in [3.63, 3.8) is 0 Å². The summed E-state index contributed by atoms with van der Waals surface area (Å²) in [5.74, 6) is 0. The van der Waals surface area contributed by atoms with Crippen molar-refractivity contribution in [2.45, 2.75) is 51.1 Å². The summed E-state index contributed by atoms with van der Waals surface area (Å²) in [5.41, 5.74) is 0. The van der Waals surface area contributed by atoms with Gasteiger partial charge in [0.15, 0.2) is 0 Å². The van der Waals surface area contributed by atoms with Gasteiger partial charge in [-0.2, -0.15) is 5.26 Å². The van der Waals surface area contributed by atoms with Crippen molar-refractivity contribution >= 4 is 0 Å². The average molecular weight is 209 g/mol. The van der Waals surface area contributed by atoms with E-state index in [4.69, 9.17) is 5.26 Å². The molecule has 0 spiro atoms. The molecule has 0 aliphatic heterocycles. The molecule has 1 saturated carbocycles. The third-order valence-corrected chi connectivity index (χ3v) is 3.27. The van der Waals surface area contributed by atoms with Crippen LogP contribution in [0.15, 0.2) is 0 Å². The van der Waals surface area contributed by atoms with Crippen LogP contribution in [0.5, 0.6) is 0 Å². The van der Waals surface area contributed by atoms with Gasteiger partial charge in [0.2, 0.25) is 0 Å². The van der Waals surface area contributed by atoms with Crippen molar-refractivity contribution in [1.29, 1.82) is 5.26 Å². The lowest BCUT2D eigenvalue weighted by atomic mass is 9.92. The van der Waals surface area contributed by atoms with Crippen LogP contribution in [-0.2, 0) is 0 Å². The largest absolute Gasteiger partial charge is 0.303 e. The van der Waals surface area contributed by atoms with Gasteiger partial charge >= 0.3 is 0 Å². The highest BCUT2D eigenvalue weighted by Gasteiger charge is 2.22. The molecule has 1 aliphatic carbocycles. The van der Waals surface area contributed by atoms with E-state index in [1.54, 1.807) is 0 Å². The van der Waals surface area contributed by atoms with Gasteiger partial charge in [0.05, 0.1) is 12.1 Å². The normalized spacial score (nSPS) is 18.5. The van der Waals surface area contributed by atoms with E-state index >= 15 is 0 Å². The van der Waals surface area contributed by atoms with Crippen LogP contribution in [0.25, 0.3) is 0 Å². The second kappa shape index (κ2) is 6.81. The first-order valence-corrected chi connectivity index (χ1v) is 6.11. The summed E-state index contributed by atoms with van der Waals surface area (Å²) in [5, 5.41) is 12.2. The van der Waals surface area contributed by atoms with Crippen molar-refractivity contribution in [3.05, 3.63) is 0 Å². The smallest absolute Gasteiger partial charge is 0.0965 e. The van der Waals surface area contributed by atoms with Gasteiger partial charge in [-0.3, -0.25) is 0 Å². The number of nitriles is 1. The van der Waals surface area contributed by atoms with Crippen LogP contribution in [0.4, 0.5) is 0 Å². The van der Waals surface area contributed by atoms with E-state index < -0.39 is 0 Å². The monoisotopic (exact) mass is 209 g/mol. The van der Waals surface area contributed by atoms with Crippen LogP contribution >= 0.6 is 0 Å². The van der Waals surface area contributed by atoms with E-state index in [9.17, 15) is 0 Å². The molecule has 0 amide bonds. The zero-order valence-electron chi connectivity index (χ0n) is 10.00. The van der Waals surface area contributed by atoms with Gasteiger partial charge in [0.25, 0.3) is 0 Å². The fourth-order valence-corrected chi connectivity index (χ4v) is 1.87. The van der Waals surface area contributed by atoms with Crippen molar-refractivity contribution in [3.8, 4) is 6.07 Å². The molecule has 0 radical (unpaired) electrons. The minimum absolute atomic E-state index is 0.0347. The summed E-state index contributed by atoms with van der Waals surface area (Å²) in [6, 6.07) is 3.15. The van der Waals surface area contributed by atoms with E-state index in [-0.39, 0.29) is 6.04 Å². The summed E-state index contributed by atoms with van der Waals surface area (Å²) in [7, 11) is 2.18. The quantitative estimate of drug-likeness (QED) is 0.694. The topological polar surface area (TPSA) is 39.1 Å². The maximum absolute atomic E-state index is 8.94. The minimum Gasteiger partial charge on any atom is -0.303 e. The van der Waals surface area contributed by atoms with Crippen LogP contribution in [0.3, 0.4) is 0 Å². The molecule has 1 N–H and O–H groups in total. The Hall–Kier alpha value is -0.590. The van der Waals surface area contributed by atoms with E-state index in [0.29, 0.717) is 0 Å². The van der Waals surface area contributed by atoms with Crippen LogP contribution in [0.2, 0.25) is 0 Å². The molecule has 1 atom stereocenters. The van der Waals surface area contributed by atoms with Crippen LogP contribution in [0, 0.1) is 11.3 Å². The lowest BCUT2D eigenvalue weighted by Gasteiger charge is -2.35. The predicted molar refractivity (Wildman–Crippen MR) is 62.6 cm³/mol. The maximum atomic E-state index is 8.94. The van der Waals surface area contributed by atoms with Gasteiger partial charge in [0.1, 0.15) is 0 Å². The highest BCUT2D eigenvalue weighted by atomic mass is 15.1. The van der Waals surface area contributed by atoms with Gasteiger partial charge in [-0.1, -0.05) is 13.3 Å². The standard InChI is InChI=1S/C12H23N3/c1-3-8-14-11(10-13)7-9-15(2)12-5-4-6-12/h11-12,14H,3-9H2,1-2H3. The van der Waals surface area contributed by atoms with E-state index in [1.165, 1.54) is 19.3 Å². The van der Waals surface area contributed by atoms with E-state index in [1.807, 2.05) is 0 Å². The molecule has 1 unspecified atom stereocenters. The Kier molecular flexibility index (Phi) is 5.67. The maximum Gasteiger partial charge on any atom is 0.0965 e. The molecule has 15 heavy (non-hydrogen) atoms. The Morgan fingerprint density at radius 1 is 1.53 bits per heavy atom. The molecule has 3 nitrogen and oxygen atoms in total. The van der Waals surface area contributed by atoms with Gasteiger partial charge in [-0.25, -0.2) is 0 Å². The molecule has 0 aromatic heterocycles. The highest BCUT2D eigenvalue weighted by Crippen LogP contribution is 2.23. The molecule has 1 rings (SSSR count). The molecular weight excluding hydrogens is 186 g/mol. The van der Waals surface area contributed by atoms with Crippen molar-refractivity contribution < 1.29 is 0 Å². The first kappa shape index (κ1) is 12.5. The average Bonchev–Trinajstić information content (AvgIpc) is 2.15. The first-order valence-electron chi connectivity index (χ1n) is 6.11. The molecule has 0 aromatic rings. The van der Waals surface area contributed by atoms with Crippen LogP contribution in [-0.4, -0.2) is 37.1 Å². The molecule has 86 valence electrons. The summed E-state index contributed by atoms with van der Waals surface area (Å²) in [6.07, 6.45) is 6.11. The Balaban J connectivity index is 2.12. The number of hydrogen-bond acceptors (Lipinski definition) is 3. The number of nitrogens with one attached hydrogen (secondary N) is 1. The zero-order valence-corrected chi connectivity index (χ0v) is 10.00. The van der Waals surface area contributed by atoms with Gasteiger partial charge < -0.3 is 10.2 Å². The summed E-state index contributed by atoms with van der Waals surface area (Å²) >= 11 is 0. The molecule has 1 fully saturated rings. The Bertz CT molecular complexity index is 205. The van der Waals surface area contributed by atoms with Crippen molar-refractivity contribution in [2.24, 2.45) is 0 Å². The first-order chi connectivity index (χ1) is 7.27. The molecule has 0 saturated heterocycles. The molecule has 1 aliphatic rings. The number of nitrogens with zero attached hydrogens (tertiary/aromatic N) is 2. The van der Waals surface area contributed by atoms with Gasteiger partial charge in [-0.05, 0) is 39.3 Å². The van der Waals surface area contributed by atoms with Gasteiger partial charge in [0, 0.05) is 12.6 Å². The van der Waals surface area contributed by atoms with Gasteiger partial charge in [-0.15, -0.1) is 0 Å². The minimum atomic E-state index is 0.0347. The molecule has 0 aromatic carbocycles. The Labute approximate surface area is 93.5 Å². The summed E-state index contributed by atoms with van der Waals surface area (Å²) < 4.78 is 0. The summed E-state index contributed by atoms with van der Waals surface area (Å²) in [6.45, 7) is 4.12. The second-order valence-corrected chi connectivity index (χ2v) is 4.49. The highest BCUT2D eigenvalue weighted by molar-refractivity contribution is 4.90. The lowest BCUT2D eigenvalue weighted by molar-refractivity contribution is 0.155. The van der Waals surface area contributed by atoms with Crippen molar-refractivity contribution in [2.75, 3.05) is 20.1 Å². The SMILES string of the molecule is CCCNC(C#N)CCN(C)C1CCC1. The molecular formula is C12H23N3. The number of rotatable bonds is 7. The fraction of sp³-hybridized carbons (Fsp3) is 0.917. The van der Waals surface area contributed by atoms with Crippen LogP contribution < -0.4 is 5.32 Å². The third-order valence-electron chi connectivity index (χ3n) is 3.27. The lowest BCUT2D eigenvalue weighted by Crippen LogP contribution is -2.40. The molecule has 0 heterocycles. The second-order valence-electron chi connectivity index (χ2n) is 4.49. The van der Waals surface area contributed by atoms with Crippen LogP contribution in [0.1, 0.15) is 39.0 Å². The summed E-state index contributed by atoms with van der Waals surface area (Å²) in [4.78, 5) is 2.40. The number of hydrogen-bond donors (Lipinski definition) is 1. The zero-order chi connectivity index (χ0) is 11.1. The predicted octanol–water partition coefficient (Wildman–Crippen LogP) is 1.75. The fourth-order valence-electron chi connectivity index (χ4n) is 1.87. The Morgan fingerprint density at radius 3 is 2.73 bits per heavy atom. The van der Waals surface area contributed by atoms with E-state index in [0.717, 1.165) is 32.0 Å². The molecule has 0 bridgehead atoms.